The fraction of sp³-hybridized carbons (Fsp3) is 0.364. The van der Waals surface area contributed by atoms with Crippen molar-refractivity contribution in [3.63, 3.8) is 0 Å². The average Bonchev–Trinajstić information content (AvgIpc) is 3.19. The van der Waals surface area contributed by atoms with Gasteiger partial charge in [-0.1, -0.05) is 54.4 Å². The van der Waals surface area contributed by atoms with E-state index in [0.717, 1.165) is 28.1 Å². The molecule has 4 nitrogen and oxygen atoms in total. The van der Waals surface area contributed by atoms with Gasteiger partial charge in [0.25, 0.3) is 5.91 Å². The van der Waals surface area contributed by atoms with Gasteiger partial charge in [-0.15, -0.1) is 11.8 Å². The monoisotopic (exact) mass is 380 g/mol. The summed E-state index contributed by atoms with van der Waals surface area (Å²) in [5.41, 5.74) is 5.27. The molecule has 0 saturated carbocycles. The minimum Gasteiger partial charge on any atom is -0.315 e. The van der Waals surface area contributed by atoms with E-state index in [2.05, 4.69) is 31.2 Å². The number of amides is 2. The van der Waals surface area contributed by atoms with E-state index in [-0.39, 0.29) is 11.8 Å². The Kier molecular flexibility index (Phi) is 4.50. The third kappa shape index (κ3) is 2.76. The Bertz CT molecular complexity index is 926. The maximum absolute atomic E-state index is 13.7. The number of hydrogen-bond acceptors (Lipinski definition) is 3. The summed E-state index contributed by atoms with van der Waals surface area (Å²) in [6.45, 7) is 7.09. The van der Waals surface area contributed by atoms with Crippen molar-refractivity contribution >= 4 is 29.3 Å². The summed E-state index contributed by atoms with van der Waals surface area (Å²) >= 11 is 1.59. The smallest absolute Gasteiger partial charge is 0.268 e. The molecule has 2 amide bonds. The molecule has 2 aliphatic rings. The number of hydrogen-bond donors (Lipinski definition) is 0. The number of anilines is 1. The number of fused-ring (bicyclic) bond motifs is 2. The Balaban J connectivity index is 1.82. The van der Waals surface area contributed by atoms with Gasteiger partial charge < -0.3 is 9.80 Å². The molecule has 2 heterocycles. The van der Waals surface area contributed by atoms with Gasteiger partial charge in [0.05, 0.1) is 12.2 Å². The lowest BCUT2D eigenvalue weighted by molar-refractivity contribution is -0.139. The van der Waals surface area contributed by atoms with Crippen LogP contribution in [0, 0.1) is 13.8 Å². The maximum Gasteiger partial charge on any atom is 0.268 e. The van der Waals surface area contributed by atoms with E-state index >= 15 is 0 Å². The molecule has 1 saturated heterocycles. The number of nitrogens with zero attached hydrogens (tertiary/aromatic N) is 2. The molecule has 0 aromatic heterocycles. The molecule has 0 bridgehead atoms. The first-order chi connectivity index (χ1) is 13.0. The second kappa shape index (κ2) is 6.71. The molecule has 2 aromatic carbocycles. The summed E-state index contributed by atoms with van der Waals surface area (Å²) in [5.74, 6) is 0.829. The molecule has 27 heavy (non-hydrogen) atoms. The zero-order valence-corrected chi connectivity index (χ0v) is 16.8. The second-order valence-corrected chi connectivity index (χ2v) is 8.58. The van der Waals surface area contributed by atoms with Crippen LogP contribution >= 0.6 is 11.8 Å². The van der Waals surface area contributed by atoms with Gasteiger partial charge in [-0.3, -0.25) is 9.59 Å². The van der Waals surface area contributed by atoms with E-state index in [9.17, 15) is 9.59 Å². The van der Waals surface area contributed by atoms with E-state index in [1.165, 1.54) is 5.56 Å². The van der Waals surface area contributed by atoms with Crippen LogP contribution in [0.15, 0.2) is 42.5 Å². The zero-order chi connectivity index (χ0) is 19.2. The quantitative estimate of drug-likeness (QED) is 0.808. The van der Waals surface area contributed by atoms with E-state index in [4.69, 9.17) is 0 Å². The van der Waals surface area contributed by atoms with Crippen molar-refractivity contribution in [3.8, 4) is 0 Å². The minimum atomic E-state index is -0.904. The van der Waals surface area contributed by atoms with Crippen LogP contribution in [-0.2, 0) is 21.0 Å². The molecular formula is C22H24N2O2S. The van der Waals surface area contributed by atoms with Gasteiger partial charge in [0.2, 0.25) is 5.91 Å². The lowest BCUT2D eigenvalue weighted by Gasteiger charge is -2.33. The summed E-state index contributed by atoms with van der Waals surface area (Å²) in [5, 5.41) is 0. The summed E-state index contributed by atoms with van der Waals surface area (Å²) in [6, 6.07) is 14.4. The predicted octanol–water partition coefficient (Wildman–Crippen LogP) is 3.99. The van der Waals surface area contributed by atoms with E-state index in [1.807, 2.05) is 36.9 Å². The SMILES string of the molecule is CCC(=O)N1CCSC12C(=O)N(Cc1cccc(C)c1)c1ccc(C)cc12. The number of aryl methyl sites for hydroxylation is 2. The van der Waals surface area contributed by atoms with E-state index < -0.39 is 4.87 Å². The fourth-order valence-corrected chi connectivity index (χ4v) is 5.60. The molecule has 2 aliphatic heterocycles. The van der Waals surface area contributed by atoms with Crippen LogP contribution in [0.5, 0.6) is 0 Å². The summed E-state index contributed by atoms with van der Waals surface area (Å²) in [4.78, 5) is 29.2. The number of carbonyl (C=O) groups is 2. The first-order valence-corrected chi connectivity index (χ1v) is 10.4. The van der Waals surface area contributed by atoms with Crippen molar-refractivity contribution in [3.05, 3.63) is 64.7 Å². The van der Waals surface area contributed by atoms with Crippen LogP contribution in [0.1, 0.15) is 35.6 Å². The van der Waals surface area contributed by atoms with Crippen LogP contribution in [0.25, 0.3) is 0 Å². The highest BCUT2D eigenvalue weighted by atomic mass is 32.2. The van der Waals surface area contributed by atoms with Gasteiger partial charge in [0.1, 0.15) is 0 Å². The summed E-state index contributed by atoms with van der Waals surface area (Å²) in [7, 11) is 0. The van der Waals surface area contributed by atoms with Gasteiger partial charge >= 0.3 is 0 Å². The normalized spacial score (nSPS) is 21.2. The van der Waals surface area contributed by atoms with Crippen LogP contribution in [-0.4, -0.2) is 29.0 Å². The molecule has 140 valence electrons. The standard InChI is InChI=1S/C22H24N2O2S/c1-4-20(25)24-10-11-27-22(24)18-13-16(3)8-9-19(18)23(21(22)26)14-17-7-5-6-15(2)12-17/h5-9,12-13H,4,10-11,14H2,1-3H3. The highest BCUT2D eigenvalue weighted by Crippen LogP contribution is 2.54. The molecule has 2 aromatic rings. The van der Waals surface area contributed by atoms with Gasteiger partial charge in [0.15, 0.2) is 4.87 Å². The van der Waals surface area contributed by atoms with Gasteiger partial charge in [0, 0.05) is 24.3 Å². The Morgan fingerprint density at radius 3 is 2.67 bits per heavy atom. The summed E-state index contributed by atoms with van der Waals surface area (Å²) < 4.78 is 0. The predicted molar refractivity (Wildman–Crippen MR) is 110 cm³/mol. The molecule has 1 spiro atoms. The molecule has 1 fully saturated rings. The van der Waals surface area contributed by atoms with Crippen LogP contribution in [0.4, 0.5) is 5.69 Å². The second-order valence-electron chi connectivity index (χ2n) is 7.29. The number of thioether (sulfide) groups is 1. The van der Waals surface area contributed by atoms with Crippen LogP contribution < -0.4 is 4.90 Å². The van der Waals surface area contributed by atoms with Crippen molar-refractivity contribution in [1.29, 1.82) is 0 Å². The molecule has 4 rings (SSSR count). The van der Waals surface area contributed by atoms with Gasteiger partial charge in [-0.2, -0.15) is 0 Å². The largest absolute Gasteiger partial charge is 0.315 e. The van der Waals surface area contributed by atoms with E-state index in [0.29, 0.717) is 19.5 Å². The highest BCUT2D eigenvalue weighted by molar-refractivity contribution is 8.01. The number of rotatable bonds is 3. The molecule has 5 heteroatoms. The maximum atomic E-state index is 13.7. The van der Waals surface area contributed by atoms with Crippen LogP contribution in [0.3, 0.4) is 0 Å². The number of carbonyl (C=O) groups excluding carboxylic acids is 2. The van der Waals surface area contributed by atoms with Crippen molar-refractivity contribution in [2.75, 3.05) is 17.2 Å². The molecule has 0 aliphatic carbocycles. The van der Waals surface area contributed by atoms with Crippen LogP contribution in [0.2, 0.25) is 0 Å². The first kappa shape index (κ1) is 18.1. The minimum absolute atomic E-state index is 0.00825. The Morgan fingerprint density at radius 1 is 1.15 bits per heavy atom. The fourth-order valence-electron chi connectivity index (χ4n) is 4.13. The molecule has 1 atom stereocenters. The van der Waals surface area contributed by atoms with Gasteiger partial charge in [-0.25, -0.2) is 0 Å². The lowest BCUT2D eigenvalue weighted by Crippen LogP contribution is -2.50. The Morgan fingerprint density at radius 2 is 1.93 bits per heavy atom. The molecule has 0 N–H and O–H groups in total. The average molecular weight is 381 g/mol. The Hall–Kier alpha value is -2.27. The first-order valence-electron chi connectivity index (χ1n) is 9.40. The lowest BCUT2D eigenvalue weighted by atomic mass is 10.0. The number of benzene rings is 2. The topological polar surface area (TPSA) is 40.6 Å². The van der Waals surface area contributed by atoms with Crippen molar-refractivity contribution in [1.82, 2.24) is 4.90 Å². The van der Waals surface area contributed by atoms with E-state index in [1.54, 1.807) is 16.7 Å². The Labute approximate surface area is 164 Å². The zero-order valence-electron chi connectivity index (χ0n) is 16.0. The molecule has 0 radical (unpaired) electrons. The summed E-state index contributed by atoms with van der Waals surface area (Å²) in [6.07, 6.45) is 0.411. The third-order valence-corrected chi connectivity index (χ3v) is 6.79. The van der Waals surface area contributed by atoms with Crippen molar-refractivity contribution in [2.24, 2.45) is 0 Å². The molecule has 1 unspecified atom stereocenters. The van der Waals surface area contributed by atoms with Gasteiger partial charge in [-0.05, 0) is 25.5 Å². The van der Waals surface area contributed by atoms with Crippen molar-refractivity contribution in [2.45, 2.75) is 38.6 Å². The third-order valence-electron chi connectivity index (χ3n) is 5.38. The molecular weight excluding hydrogens is 356 g/mol. The highest BCUT2D eigenvalue weighted by Gasteiger charge is 2.59. The van der Waals surface area contributed by atoms with Crippen molar-refractivity contribution < 1.29 is 9.59 Å².